The Hall–Kier alpha value is -0.940. The maximum Gasteiger partial charge on any atom is 0.391 e. The summed E-state index contributed by atoms with van der Waals surface area (Å²) in [5, 5.41) is 0.495. The van der Waals surface area contributed by atoms with Crippen molar-refractivity contribution in [2.75, 3.05) is 7.11 Å². The topological polar surface area (TPSA) is 35.2 Å². The third kappa shape index (κ3) is 3.83. The van der Waals surface area contributed by atoms with Gasteiger partial charge in [-0.1, -0.05) is 17.7 Å². The first-order valence-electron chi connectivity index (χ1n) is 6.98. The molecular formula is C15H19ClF3NO. The van der Waals surface area contributed by atoms with Crippen molar-refractivity contribution in [2.45, 2.75) is 37.9 Å². The summed E-state index contributed by atoms with van der Waals surface area (Å²) in [6, 6.07) is 5.00. The minimum absolute atomic E-state index is 0.0643. The molecule has 1 fully saturated rings. The average molecular weight is 322 g/mol. The van der Waals surface area contributed by atoms with Crippen LogP contribution < -0.4 is 10.5 Å². The summed E-state index contributed by atoms with van der Waals surface area (Å²) >= 11 is 5.97. The second-order valence-electron chi connectivity index (χ2n) is 5.57. The summed E-state index contributed by atoms with van der Waals surface area (Å²) in [5.74, 6) is -0.580. The molecular weight excluding hydrogens is 303 g/mol. The van der Waals surface area contributed by atoms with Crippen LogP contribution in [0.25, 0.3) is 0 Å². The summed E-state index contributed by atoms with van der Waals surface area (Å²) in [6.45, 7) is 0. The van der Waals surface area contributed by atoms with Crippen LogP contribution in [0.15, 0.2) is 18.2 Å². The van der Waals surface area contributed by atoms with E-state index in [1.165, 1.54) is 7.11 Å². The molecule has 0 amide bonds. The van der Waals surface area contributed by atoms with E-state index in [0.717, 1.165) is 5.56 Å². The molecule has 0 spiro atoms. The van der Waals surface area contributed by atoms with Gasteiger partial charge >= 0.3 is 6.18 Å². The molecule has 1 aliphatic rings. The summed E-state index contributed by atoms with van der Waals surface area (Å²) in [6.07, 6.45) is -2.77. The molecule has 0 bridgehead atoms. The lowest BCUT2D eigenvalue weighted by atomic mass is 9.77. The first kappa shape index (κ1) is 16.4. The molecule has 2 rings (SSSR count). The second-order valence-corrected chi connectivity index (χ2v) is 5.98. The quantitative estimate of drug-likeness (QED) is 0.874. The normalized spacial score (nSPS) is 24.7. The maximum atomic E-state index is 12.7. The minimum Gasteiger partial charge on any atom is -0.495 e. The lowest BCUT2D eigenvalue weighted by Crippen LogP contribution is -2.31. The number of rotatable bonds is 3. The summed E-state index contributed by atoms with van der Waals surface area (Å²) in [5.41, 5.74) is 7.07. The van der Waals surface area contributed by atoms with Crippen LogP contribution in [0.2, 0.25) is 5.02 Å². The van der Waals surface area contributed by atoms with Crippen LogP contribution in [-0.2, 0) is 0 Å². The number of ether oxygens (including phenoxy) is 1. The van der Waals surface area contributed by atoms with E-state index in [0.29, 0.717) is 23.6 Å². The standard InChI is InChI=1S/C15H19ClF3NO/c1-21-13-8-10(4-7-12(13)16)14(20)9-2-5-11(6-3-9)15(17,18)19/h4,7-9,11,14H,2-3,5-6,20H2,1H3. The maximum absolute atomic E-state index is 12.7. The van der Waals surface area contributed by atoms with Gasteiger partial charge in [-0.25, -0.2) is 0 Å². The molecule has 118 valence electrons. The Morgan fingerprint density at radius 1 is 1.24 bits per heavy atom. The molecule has 1 aromatic rings. The number of hydrogen-bond donors (Lipinski definition) is 1. The molecule has 0 heterocycles. The smallest absolute Gasteiger partial charge is 0.391 e. The molecule has 1 aromatic carbocycles. The van der Waals surface area contributed by atoms with E-state index < -0.39 is 12.1 Å². The fourth-order valence-electron chi connectivity index (χ4n) is 2.96. The first-order chi connectivity index (χ1) is 9.82. The van der Waals surface area contributed by atoms with Gasteiger partial charge in [0, 0.05) is 6.04 Å². The molecule has 1 unspecified atom stereocenters. The molecule has 1 atom stereocenters. The SMILES string of the molecule is COc1cc(C(N)C2CCC(C(F)(F)F)CC2)ccc1Cl. The van der Waals surface area contributed by atoms with Crippen LogP contribution >= 0.6 is 11.6 Å². The van der Waals surface area contributed by atoms with Gasteiger partial charge in [-0.2, -0.15) is 13.2 Å². The van der Waals surface area contributed by atoms with Crippen molar-refractivity contribution >= 4 is 11.6 Å². The van der Waals surface area contributed by atoms with Gasteiger partial charge in [-0.3, -0.25) is 0 Å². The molecule has 2 N–H and O–H groups in total. The molecule has 1 aliphatic carbocycles. The minimum atomic E-state index is -4.08. The van der Waals surface area contributed by atoms with E-state index in [1.54, 1.807) is 12.1 Å². The van der Waals surface area contributed by atoms with Crippen LogP contribution in [0.5, 0.6) is 5.75 Å². The molecule has 6 heteroatoms. The Morgan fingerprint density at radius 2 is 1.86 bits per heavy atom. The van der Waals surface area contributed by atoms with Crippen molar-refractivity contribution in [1.82, 2.24) is 0 Å². The number of nitrogens with two attached hydrogens (primary N) is 1. The van der Waals surface area contributed by atoms with Crippen LogP contribution in [-0.4, -0.2) is 13.3 Å². The highest BCUT2D eigenvalue weighted by Gasteiger charge is 2.42. The van der Waals surface area contributed by atoms with Crippen molar-refractivity contribution in [3.8, 4) is 5.75 Å². The highest BCUT2D eigenvalue weighted by Crippen LogP contribution is 2.43. The van der Waals surface area contributed by atoms with E-state index in [1.807, 2.05) is 6.07 Å². The molecule has 0 saturated heterocycles. The second kappa shape index (κ2) is 6.44. The number of alkyl halides is 3. The van der Waals surface area contributed by atoms with Crippen LogP contribution in [0.1, 0.15) is 37.3 Å². The predicted molar refractivity (Wildman–Crippen MR) is 76.4 cm³/mol. The third-order valence-corrected chi connectivity index (χ3v) is 4.61. The van der Waals surface area contributed by atoms with Gasteiger partial charge in [0.25, 0.3) is 0 Å². The van der Waals surface area contributed by atoms with Gasteiger partial charge in [0.1, 0.15) is 5.75 Å². The monoisotopic (exact) mass is 321 g/mol. The average Bonchev–Trinajstić information content (AvgIpc) is 2.46. The summed E-state index contributed by atoms with van der Waals surface area (Å²) in [7, 11) is 1.52. The van der Waals surface area contributed by atoms with Gasteiger partial charge in [0.15, 0.2) is 0 Å². The van der Waals surface area contributed by atoms with Crippen molar-refractivity contribution in [2.24, 2.45) is 17.6 Å². The zero-order valence-electron chi connectivity index (χ0n) is 11.8. The van der Waals surface area contributed by atoms with Crippen LogP contribution in [0, 0.1) is 11.8 Å². The Kier molecular flexibility index (Phi) is 5.04. The Labute approximate surface area is 127 Å². The highest BCUT2D eigenvalue weighted by molar-refractivity contribution is 6.32. The summed E-state index contributed by atoms with van der Waals surface area (Å²) in [4.78, 5) is 0. The van der Waals surface area contributed by atoms with Gasteiger partial charge in [-0.05, 0) is 49.3 Å². The van der Waals surface area contributed by atoms with Crippen LogP contribution in [0.4, 0.5) is 13.2 Å². The first-order valence-corrected chi connectivity index (χ1v) is 7.36. The molecule has 0 radical (unpaired) electrons. The highest BCUT2D eigenvalue weighted by atomic mass is 35.5. The largest absolute Gasteiger partial charge is 0.495 e. The Morgan fingerprint density at radius 3 is 2.38 bits per heavy atom. The van der Waals surface area contributed by atoms with Crippen molar-refractivity contribution < 1.29 is 17.9 Å². The Balaban J connectivity index is 2.03. The fraction of sp³-hybridized carbons (Fsp3) is 0.600. The summed E-state index contributed by atoms with van der Waals surface area (Å²) < 4.78 is 43.2. The molecule has 0 aliphatic heterocycles. The Bertz CT molecular complexity index is 484. The van der Waals surface area contributed by atoms with E-state index in [2.05, 4.69) is 0 Å². The van der Waals surface area contributed by atoms with Crippen molar-refractivity contribution in [3.63, 3.8) is 0 Å². The van der Waals surface area contributed by atoms with Crippen molar-refractivity contribution in [3.05, 3.63) is 28.8 Å². The molecule has 2 nitrogen and oxygen atoms in total. The molecule has 0 aromatic heterocycles. The molecule has 1 saturated carbocycles. The van der Waals surface area contributed by atoms with Gasteiger partial charge in [0.2, 0.25) is 0 Å². The number of hydrogen-bond acceptors (Lipinski definition) is 2. The van der Waals surface area contributed by atoms with Gasteiger partial charge < -0.3 is 10.5 Å². The lowest BCUT2D eigenvalue weighted by molar-refractivity contribution is -0.184. The van der Waals surface area contributed by atoms with E-state index >= 15 is 0 Å². The third-order valence-electron chi connectivity index (χ3n) is 4.30. The van der Waals surface area contributed by atoms with Gasteiger partial charge in [0.05, 0.1) is 18.1 Å². The number of benzene rings is 1. The van der Waals surface area contributed by atoms with Gasteiger partial charge in [-0.15, -0.1) is 0 Å². The predicted octanol–water partition coefficient (Wildman–Crippen LogP) is 4.72. The lowest BCUT2D eigenvalue weighted by Gasteiger charge is -2.33. The van der Waals surface area contributed by atoms with E-state index in [9.17, 15) is 13.2 Å². The zero-order valence-corrected chi connectivity index (χ0v) is 12.5. The van der Waals surface area contributed by atoms with E-state index in [-0.39, 0.29) is 24.8 Å². The zero-order chi connectivity index (χ0) is 15.6. The molecule has 21 heavy (non-hydrogen) atoms. The van der Waals surface area contributed by atoms with Crippen molar-refractivity contribution in [1.29, 1.82) is 0 Å². The fourth-order valence-corrected chi connectivity index (χ4v) is 3.16. The number of halogens is 4. The van der Waals surface area contributed by atoms with E-state index in [4.69, 9.17) is 22.1 Å². The number of methoxy groups -OCH3 is 1. The van der Waals surface area contributed by atoms with Crippen LogP contribution in [0.3, 0.4) is 0 Å².